The molecule has 0 aromatic heterocycles. The normalized spacial score (nSPS) is 12.5. The van der Waals surface area contributed by atoms with Gasteiger partial charge in [0.2, 0.25) is 0 Å². The number of aromatic hydroxyl groups is 2. The number of phenols is 2. The van der Waals surface area contributed by atoms with Gasteiger partial charge in [0, 0.05) is 24.2 Å². The van der Waals surface area contributed by atoms with Crippen molar-refractivity contribution in [1.82, 2.24) is 10.6 Å². The minimum Gasteiger partial charge on any atom is -0.508 e. The summed E-state index contributed by atoms with van der Waals surface area (Å²) in [5, 5.41) is 29.2. The van der Waals surface area contributed by atoms with Gasteiger partial charge in [-0.3, -0.25) is 0 Å². The van der Waals surface area contributed by atoms with Crippen LogP contribution in [0.15, 0.2) is 158 Å². The molecule has 218 valence electrons. The quantitative estimate of drug-likeness (QED) is 0.124. The summed E-state index contributed by atoms with van der Waals surface area (Å²) in [4.78, 5) is 0. The largest absolute Gasteiger partial charge is 0.508 e. The smallest absolute Gasteiger partial charge is 0.120 e. The van der Waals surface area contributed by atoms with Crippen molar-refractivity contribution in [2.75, 3.05) is 0 Å². The fourth-order valence-electron chi connectivity index (χ4n) is 5.69. The molecule has 0 aliphatic carbocycles. The number of rotatable bonds is 11. The van der Waals surface area contributed by atoms with Gasteiger partial charge in [-0.2, -0.15) is 0 Å². The molecule has 2 atom stereocenters. The van der Waals surface area contributed by atoms with Crippen molar-refractivity contribution in [3.8, 4) is 33.8 Å². The molecule has 0 aliphatic heterocycles. The number of benzene rings is 6. The third-order valence-corrected chi connectivity index (χ3v) is 8.05. The summed E-state index contributed by atoms with van der Waals surface area (Å²) in [6.07, 6.45) is 0. The van der Waals surface area contributed by atoms with E-state index < -0.39 is 0 Å². The standard InChI is InChI=1S/C40H36N2O2/c43-37-23-21-33(29-13-5-1-6-14-29)25-35(37)27-41-39(31-17-9-3-10-18-31)40(32-19-11-4-12-20-32)42-28-36-26-34(22-24-38(36)44)30-15-7-2-8-16-30/h1-26,39-44H,27-28H2/t39-,40-/m1/s1. The van der Waals surface area contributed by atoms with Crippen LogP contribution in [-0.2, 0) is 13.1 Å². The number of hydrogen-bond acceptors (Lipinski definition) is 4. The van der Waals surface area contributed by atoms with Crippen LogP contribution in [0.2, 0.25) is 0 Å². The number of hydrogen-bond donors (Lipinski definition) is 4. The molecule has 0 spiro atoms. The lowest BCUT2D eigenvalue weighted by Gasteiger charge is -2.31. The van der Waals surface area contributed by atoms with Crippen LogP contribution in [0.25, 0.3) is 22.3 Å². The van der Waals surface area contributed by atoms with Crippen molar-refractivity contribution in [1.29, 1.82) is 0 Å². The van der Waals surface area contributed by atoms with E-state index in [1.807, 2.05) is 60.7 Å². The Morgan fingerprint density at radius 3 is 1.09 bits per heavy atom. The first-order chi connectivity index (χ1) is 21.7. The highest BCUT2D eigenvalue weighted by Crippen LogP contribution is 2.33. The Morgan fingerprint density at radius 1 is 0.386 bits per heavy atom. The summed E-state index contributed by atoms with van der Waals surface area (Å²) in [6.45, 7) is 0.928. The average Bonchev–Trinajstić information content (AvgIpc) is 3.09. The van der Waals surface area contributed by atoms with Gasteiger partial charge in [-0.25, -0.2) is 0 Å². The lowest BCUT2D eigenvalue weighted by molar-refractivity contribution is 0.373. The second-order valence-electron chi connectivity index (χ2n) is 11.0. The zero-order valence-electron chi connectivity index (χ0n) is 24.5. The van der Waals surface area contributed by atoms with Crippen molar-refractivity contribution >= 4 is 0 Å². The minimum atomic E-state index is -0.141. The summed E-state index contributed by atoms with van der Waals surface area (Å²) >= 11 is 0. The Hall–Kier alpha value is -5.16. The molecule has 6 aromatic rings. The van der Waals surface area contributed by atoms with Gasteiger partial charge in [0.05, 0.1) is 12.1 Å². The van der Waals surface area contributed by atoms with E-state index in [9.17, 15) is 10.2 Å². The summed E-state index contributed by atoms with van der Waals surface area (Å²) in [6, 6.07) is 52.4. The second kappa shape index (κ2) is 13.9. The SMILES string of the molecule is Oc1ccc(-c2ccccc2)cc1CN[C@H](c1ccccc1)[C@H](NCc1cc(-c2ccccc2)ccc1O)c1ccccc1. The van der Waals surface area contributed by atoms with Crippen molar-refractivity contribution < 1.29 is 10.2 Å². The first-order valence-corrected chi connectivity index (χ1v) is 15.0. The Bertz CT molecular complexity index is 1640. The molecule has 0 unspecified atom stereocenters. The molecule has 0 radical (unpaired) electrons. The van der Waals surface area contributed by atoms with E-state index in [0.717, 1.165) is 44.5 Å². The van der Waals surface area contributed by atoms with Gasteiger partial charge in [-0.1, -0.05) is 133 Å². The molecule has 0 saturated heterocycles. The molecule has 0 saturated carbocycles. The van der Waals surface area contributed by atoms with E-state index >= 15 is 0 Å². The lowest BCUT2D eigenvalue weighted by Crippen LogP contribution is -2.35. The van der Waals surface area contributed by atoms with E-state index in [2.05, 4.69) is 95.6 Å². The predicted molar refractivity (Wildman–Crippen MR) is 179 cm³/mol. The maximum atomic E-state index is 10.8. The third kappa shape index (κ3) is 6.90. The molecule has 0 bridgehead atoms. The summed E-state index contributed by atoms with van der Waals surface area (Å²) in [5.74, 6) is 0.520. The van der Waals surface area contributed by atoms with E-state index in [1.54, 1.807) is 12.1 Å². The maximum absolute atomic E-state index is 10.8. The average molecular weight is 577 g/mol. The highest BCUT2D eigenvalue weighted by atomic mass is 16.3. The Balaban J connectivity index is 1.31. The lowest BCUT2D eigenvalue weighted by atomic mass is 9.92. The molecule has 44 heavy (non-hydrogen) atoms. The molecule has 0 heterocycles. The van der Waals surface area contributed by atoms with E-state index in [-0.39, 0.29) is 23.6 Å². The van der Waals surface area contributed by atoms with Gasteiger partial charge in [0.1, 0.15) is 11.5 Å². The van der Waals surface area contributed by atoms with Gasteiger partial charge < -0.3 is 20.8 Å². The van der Waals surface area contributed by atoms with Crippen molar-refractivity contribution in [2.45, 2.75) is 25.2 Å². The minimum absolute atomic E-state index is 0.141. The molecule has 0 amide bonds. The Labute approximate surface area is 259 Å². The van der Waals surface area contributed by atoms with Gasteiger partial charge in [0.15, 0.2) is 0 Å². The van der Waals surface area contributed by atoms with E-state index in [4.69, 9.17) is 0 Å². The highest BCUT2D eigenvalue weighted by Gasteiger charge is 2.25. The molecular formula is C40H36N2O2. The van der Waals surface area contributed by atoms with Crippen molar-refractivity contribution in [3.05, 3.63) is 180 Å². The molecule has 0 fully saturated rings. The number of phenolic OH excluding ortho intramolecular Hbond substituents is 2. The van der Waals surface area contributed by atoms with Gasteiger partial charge >= 0.3 is 0 Å². The molecule has 4 N–H and O–H groups in total. The Kier molecular flexibility index (Phi) is 9.12. The second-order valence-corrected chi connectivity index (χ2v) is 11.0. The molecule has 4 heteroatoms. The van der Waals surface area contributed by atoms with Crippen LogP contribution in [0, 0.1) is 0 Å². The molecule has 4 nitrogen and oxygen atoms in total. The van der Waals surface area contributed by atoms with Crippen LogP contribution in [-0.4, -0.2) is 10.2 Å². The Morgan fingerprint density at radius 2 is 0.727 bits per heavy atom. The van der Waals surface area contributed by atoms with Crippen LogP contribution >= 0.6 is 0 Å². The highest BCUT2D eigenvalue weighted by molar-refractivity contribution is 5.66. The fourth-order valence-corrected chi connectivity index (χ4v) is 5.69. The van der Waals surface area contributed by atoms with Crippen LogP contribution in [0.1, 0.15) is 34.3 Å². The maximum Gasteiger partial charge on any atom is 0.120 e. The van der Waals surface area contributed by atoms with Crippen molar-refractivity contribution in [2.24, 2.45) is 0 Å². The van der Waals surface area contributed by atoms with Crippen LogP contribution < -0.4 is 10.6 Å². The number of nitrogens with one attached hydrogen (secondary N) is 2. The monoisotopic (exact) mass is 576 g/mol. The summed E-state index contributed by atoms with van der Waals surface area (Å²) < 4.78 is 0. The van der Waals surface area contributed by atoms with E-state index in [1.165, 1.54) is 0 Å². The molecule has 6 aromatic carbocycles. The molecular weight excluding hydrogens is 540 g/mol. The van der Waals surface area contributed by atoms with Gasteiger partial charge in [-0.05, 0) is 57.6 Å². The van der Waals surface area contributed by atoms with Crippen LogP contribution in [0.4, 0.5) is 0 Å². The first-order valence-electron chi connectivity index (χ1n) is 15.0. The third-order valence-electron chi connectivity index (χ3n) is 8.05. The predicted octanol–water partition coefficient (Wildman–Crippen LogP) is 8.79. The molecule has 0 aliphatic rings. The van der Waals surface area contributed by atoms with Gasteiger partial charge in [-0.15, -0.1) is 0 Å². The summed E-state index contributed by atoms with van der Waals surface area (Å²) in [7, 11) is 0. The first kappa shape index (κ1) is 28.9. The fraction of sp³-hybridized carbons (Fsp3) is 0.100. The zero-order chi connectivity index (χ0) is 30.1. The van der Waals surface area contributed by atoms with E-state index in [0.29, 0.717) is 13.1 Å². The summed E-state index contributed by atoms with van der Waals surface area (Å²) in [5.41, 5.74) is 8.22. The van der Waals surface area contributed by atoms with Crippen molar-refractivity contribution in [3.63, 3.8) is 0 Å². The topological polar surface area (TPSA) is 64.5 Å². The zero-order valence-corrected chi connectivity index (χ0v) is 24.5. The molecule has 6 rings (SSSR count). The van der Waals surface area contributed by atoms with Gasteiger partial charge in [0.25, 0.3) is 0 Å². The van der Waals surface area contributed by atoms with Crippen LogP contribution in [0.5, 0.6) is 11.5 Å². The van der Waals surface area contributed by atoms with Crippen LogP contribution in [0.3, 0.4) is 0 Å².